The monoisotopic (exact) mass is 247 g/mol. The summed E-state index contributed by atoms with van der Waals surface area (Å²) in [6.07, 6.45) is 5.31. The van der Waals surface area contributed by atoms with Crippen molar-refractivity contribution < 1.29 is 0 Å². The van der Waals surface area contributed by atoms with Crippen molar-refractivity contribution in [1.29, 1.82) is 0 Å². The quantitative estimate of drug-likeness (QED) is 0.803. The smallest absolute Gasteiger partial charge is 0.0568 e. The van der Waals surface area contributed by atoms with E-state index in [2.05, 4.69) is 24.8 Å². The van der Waals surface area contributed by atoms with Crippen LogP contribution in [0.15, 0.2) is 18.2 Å². The van der Waals surface area contributed by atoms with Gasteiger partial charge in [0.25, 0.3) is 0 Å². The van der Waals surface area contributed by atoms with Gasteiger partial charge in [0, 0.05) is 18.3 Å². The van der Waals surface area contributed by atoms with Crippen molar-refractivity contribution in [3.05, 3.63) is 18.2 Å². The fraction of sp³-hybridized carbons (Fsp3) is 0.600. The Balaban J connectivity index is 2.23. The highest BCUT2D eigenvalue weighted by Gasteiger charge is 2.23. The molecule has 0 heterocycles. The molecule has 3 nitrogen and oxygen atoms in total. The highest BCUT2D eigenvalue weighted by molar-refractivity contribution is 5.70. The summed E-state index contributed by atoms with van der Waals surface area (Å²) in [5.74, 6) is 0.657. The fourth-order valence-corrected chi connectivity index (χ4v) is 2.82. The lowest BCUT2D eigenvalue weighted by molar-refractivity contribution is 0.536. The van der Waals surface area contributed by atoms with Gasteiger partial charge in [0.05, 0.1) is 11.4 Å². The summed E-state index contributed by atoms with van der Waals surface area (Å²) in [7, 11) is 0. The van der Waals surface area contributed by atoms with E-state index in [1.54, 1.807) is 0 Å². The molecule has 0 spiro atoms. The zero-order valence-corrected chi connectivity index (χ0v) is 11.5. The molecule has 3 heteroatoms. The Morgan fingerprint density at radius 1 is 1.17 bits per heavy atom. The second-order valence-corrected chi connectivity index (χ2v) is 5.80. The molecule has 0 saturated heterocycles. The number of rotatable bonds is 4. The molecule has 0 atom stereocenters. The van der Waals surface area contributed by atoms with Crippen LogP contribution in [-0.4, -0.2) is 12.6 Å². The Morgan fingerprint density at radius 2 is 1.83 bits per heavy atom. The maximum absolute atomic E-state index is 5.94. The van der Waals surface area contributed by atoms with E-state index in [1.807, 2.05) is 12.1 Å². The van der Waals surface area contributed by atoms with Gasteiger partial charge in [0.15, 0.2) is 0 Å². The number of nitrogens with zero attached hydrogens (tertiary/aromatic N) is 1. The number of hydrogen-bond donors (Lipinski definition) is 2. The maximum Gasteiger partial charge on any atom is 0.0568 e. The van der Waals surface area contributed by atoms with Gasteiger partial charge in [-0.1, -0.05) is 26.7 Å². The molecule has 1 fully saturated rings. The summed E-state index contributed by atoms with van der Waals surface area (Å²) in [6, 6.07) is 6.73. The molecule has 2 rings (SSSR count). The molecule has 1 saturated carbocycles. The predicted molar refractivity (Wildman–Crippen MR) is 79.7 cm³/mol. The van der Waals surface area contributed by atoms with Crippen LogP contribution in [0.4, 0.5) is 17.1 Å². The van der Waals surface area contributed by atoms with Gasteiger partial charge in [-0.25, -0.2) is 0 Å². The van der Waals surface area contributed by atoms with Crippen LogP contribution in [0.1, 0.15) is 39.5 Å². The molecule has 100 valence electrons. The molecule has 0 bridgehead atoms. The van der Waals surface area contributed by atoms with Crippen molar-refractivity contribution in [2.45, 2.75) is 45.6 Å². The van der Waals surface area contributed by atoms with Crippen molar-refractivity contribution in [2.24, 2.45) is 5.92 Å². The third-order valence-corrected chi connectivity index (χ3v) is 3.73. The van der Waals surface area contributed by atoms with Crippen LogP contribution >= 0.6 is 0 Å². The molecule has 0 radical (unpaired) electrons. The number of benzene rings is 1. The number of anilines is 3. The minimum Gasteiger partial charge on any atom is -0.397 e. The van der Waals surface area contributed by atoms with Crippen molar-refractivity contribution >= 4 is 17.1 Å². The summed E-state index contributed by atoms with van der Waals surface area (Å²) >= 11 is 0. The van der Waals surface area contributed by atoms with Gasteiger partial charge in [0.1, 0.15) is 0 Å². The highest BCUT2D eigenvalue weighted by Crippen LogP contribution is 2.31. The summed E-state index contributed by atoms with van der Waals surface area (Å²) in [5, 5.41) is 0. The predicted octanol–water partition coefficient (Wildman–Crippen LogP) is 3.26. The summed E-state index contributed by atoms with van der Waals surface area (Å²) in [6.45, 7) is 5.62. The first kappa shape index (κ1) is 13.1. The minimum atomic E-state index is 0.657. The molecular weight excluding hydrogens is 222 g/mol. The van der Waals surface area contributed by atoms with Crippen LogP contribution in [0.3, 0.4) is 0 Å². The molecule has 4 N–H and O–H groups in total. The molecule has 18 heavy (non-hydrogen) atoms. The molecule has 0 amide bonds. The third kappa shape index (κ3) is 2.89. The normalized spacial score (nSPS) is 16.4. The minimum absolute atomic E-state index is 0.657. The van der Waals surface area contributed by atoms with Gasteiger partial charge in [-0.3, -0.25) is 0 Å². The van der Waals surface area contributed by atoms with E-state index in [0.29, 0.717) is 23.3 Å². The maximum atomic E-state index is 5.94. The molecule has 1 aliphatic carbocycles. The van der Waals surface area contributed by atoms with Crippen LogP contribution in [-0.2, 0) is 0 Å². The molecule has 0 aliphatic heterocycles. The lowest BCUT2D eigenvalue weighted by Gasteiger charge is -2.33. The Labute approximate surface area is 110 Å². The van der Waals surface area contributed by atoms with Crippen LogP contribution in [0, 0.1) is 5.92 Å². The second-order valence-electron chi connectivity index (χ2n) is 5.80. The van der Waals surface area contributed by atoms with E-state index < -0.39 is 0 Å². The van der Waals surface area contributed by atoms with Gasteiger partial charge in [-0.2, -0.15) is 0 Å². The van der Waals surface area contributed by atoms with Crippen LogP contribution in [0.5, 0.6) is 0 Å². The lowest BCUT2D eigenvalue weighted by Crippen LogP contribution is -2.36. The standard InChI is InChI=1S/C15H25N3/c1-11(2)10-18(12-5-3-4-6-12)13-7-8-14(16)15(17)9-13/h7-9,11-12H,3-6,10,16-17H2,1-2H3. The van der Waals surface area contributed by atoms with Gasteiger partial charge in [-0.15, -0.1) is 0 Å². The fourth-order valence-electron chi connectivity index (χ4n) is 2.82. The Bertz CT molecular complexity index is 395. The summed E-state index contributed by atoms with van der Waals surface area (Å²) in [5.41, 5.74) is 14.3. The molecular formula is C15H25N3. The van der Waals surface area contributed by atoms with E-state index in [-0.39, 0.29) is 0 Å². The number of hydrogen-bond acceptors (Lipinski definition) is 3. The zero-order chi connectivity index (χ0) is 13.1. The molecule has 1 aromatic rings. The lowest BCUT2D eigenvalue weighted by atomic mass is 10.1. The average Bonchev–Trinajstić information content (AvgIpc) is 2.83. The van der Waals surface area contributed by atoms with E-state index in [9.17, 15) is 0 Å². The number of nitrogen functional groups attached to an aromatic ring is 2. The Kier molecular flexibility index (Phi) is 4.00. The first-order chi connectivity index (χ1) is 8.58. The van der Waals surface area contributed by atoms with Crippen LogP contribution in [0.2, 0.25) is 0 Å². The molecule has 0 aromatic heterocycles. The first-order valence-corrected chi connectivity index (χ1v) is 6.99. The largest absolute Gasteiger partial charge is 0.397 e. The third-order valence-electron chi connectivity index (χ3n) is 3.73. The second kappa shape index (κ2) is 5.51. The molecule has 1 aliphatic rings. The molecule has 0 unspecified atom stereocenters. The van der Waals surface area contributed by atoms with Crippen molar-refractivity contribution in [2.75, 3.05) is 22.9 Å². The van der Waals surface area contributed by atoms with Crippen molar-refractivity contribution in [1.82, 2.24) is 0 Å². The zero-order valence-electron chi connectivity index (χ0n) is 11.5. The molecule has 1 aromatic carbocycles. The van der Waals surface area contributed by atoms with E-state index >= 15 is 0 Å². The van der Waals surface area contributed by atoms with E-state index in [4.69, 9.17) is 11.5 Å². The Morgan fingerprint density at radius 3 is 2.39 bits per heavy atom. The van der Waals surface area contributed by atoms with Gasteiger partial charge in [-0.05, 0) is 37.0 Å². The average molecular weight is 247 g/mol. The van der Waals surface area contributed by atoms with Gasteiger partial charge in [0.2, 0.25) is 0 Å². The van der Waals surface area contributed by atoms with Crippen molar-refractivity contribution in [3.63, 3.8) is 0 Å². The van der Waals surface area contributed by atoms with Crippen LogP contribution < -0.4 is 16.4 Å². The van der Waals surface area contributed by atoms with Gasteiger partial charge < -0.3 is 16.4 Å². The van der Waals surface area contributed by atoms with E-state index in [1.165, 1.54) is 31.4 Å². The number of nitrogens with two attached hydrogens (primary N) is 2. The topological polar surface area (TPSA) is 55.3 Å². The van der Waals surface area contributed by atoms with Crippen LogP contribution in [0.25, 0.3) is 0 Å². The highest BCUT2D eigenvalue weighted by atomic mass is 15.2. The van der Waals surface area contributed by atoms with Crippen molar-refractivity contribution in [3.8, 4) is 0 Å². The summed E-state index contributed by atoms with van der Waals surface area (Å²) < 4.78 is 0. The first-order valence-electron chi connectivity index (χ1n) is 6.99. The SMILES string of the molecule is CC(C)CN(c1ccc(N)c(N)c1)C1CCCC1. The van der Waals surface area contributed by atoms with Gasteiger partial charge >= 0.3 is 0 Å². The summed E-state index contributed by atoms with van der Waals surface area (Å²) in [4.78, 5) is 2.52. The van der Waals surface area contributed by atoms with E-state index in [0.717, 1.165) is 6.54 Å². The Hall–Kier alpha value is -1.38.